The molecule has 0 fully saturated rings. The smallest absolute Gasteiger partial charge is 0.868 e. The Bertz CT molecular complexity index is 622. The molecule has 0 N–H and O–H groups in total. The Balaban J connectivity index is 0.000000364. The fourth-order valence-electron chi connectivity index (χ4n) is 1.02. The predicted octanol–water partition coefficient (Wildman–Crippen LogP) is 0.902. The van der Waals surface area contributed by atoms with Crippen LogP contribution in [-0.2, 0) is 39.4 Å². The molecular weight excluding hydrogens is 512 g/mol. The third kappa shape index (κ3) is 6.54. The zero-order valence-corrected chi connectivity index (χ0v) is 17.6. The van der Waals surface area contributed by atoms with Gasteiger partial charge in [0, 0.05) is 12.1 Å². The van der Waals surface area contributed by atoms with Gasteiger partial charge >= 0.3 is 27.7 Å². The standard InChI is InChI=1S/2C6H5ClO3.Hg/c2*7-2-4-1-5(8)6(9)3-10-4;/h2*1,3,9H,2H2;/q;;+2/p-2. The Labute approximate surface area is 149 Å². The van der Waals surface area contributed by atoms with Crippen LogP contribution in [0.25, 0.3) is 0 Å². The molecule has 0 unspecified atom stereocenters. The van der Waals surface area contributed by atoms with Crippen LogP contribution >= 0.6 is 23.2 Å². The van der Waals surface area contributed by atoms with E-state index in [0.29, 0.717) is 11.5 Å². The van der Waals surface area contributed by atoms with Gasteiger partial charge in [0.05, 0.1) is 24.3 Å². The number of hydrogen-bond acceptors (Lipinski definition) is 6. The van der Waals surface area contributed by atoms with Crippen LogP contribution in [0, 0.1) is 0 Å². The normalized spacial score (nSPS) is 9.24. The van der Waals surface area contributed by atoms with Crippen LogP contribution in [0.1, 0.15) is 11.5 Å². The van der Waals surface area contributed by atoms with Gasteiger partial charge < -0.3 is 19.0 Å². The van der Waals surface area contributed by atoms with Crippen molar-refractivity contribution in [3.8, 4) is 11.5 Å². The first-order chi connectivity index (χ1) is 9.47. The second kappa shape index (κ2) is 9.86. The molecule has 0 aromatic carbocycles. The van der Waals surface area contributed by atoms with Gasteiger partial charge in [0.25, 0.3) is 0 Å². The van der Waals surface area contributed by atoms with Crippen LogP contribution in [0.4, 0.5) is 0 Å². The summed E-state index contributed by atoms with van der Waals surface area (Å²) in [5, 5.41) is 20.9. The van der Waals surface area contributed by atoms with E-state index < -0.39 is 22.4 Å². The molecule has 0 spiro atoms. The van der Waals surface area contributed by atoms with Gasteiger partial charge in [-0.05, 0) is 11.5 Å². The van der Waals surface area contributed by atoms with Gasteiger partial charge in [0.15, 0.2) is 10.9 Å². The Morgan fingerprint density at radius 2 is 1.19 bits per heavy atom. The van der Waals surface area contributed by atoms with E-state index in [0.717, 1.165) is 24.7 Å². The molecule has 0 saturated carbocycles. The van der Waals surface area contributed by atoms with Crippen LogP contribution in [-0.4, -0.2) is 0 Å². The molecule has 21 heavy (non-hydrogen) atoms. The summed E-state index contributed by atoms with van der Waals surface area (Å²) in [5.74, 6) is -0.453. The molecule has 9 heteroatoms. The molecule has 0 atom stereocenters. The quantitative estimate of drug-likeness (QED) is 0.431. The molecule has 2 aromatic rings. The van der Waals surface area contributed by atoms with Crippen molar-refractivity contribution in [3.63, 3.8) is 0 Å². The van der Waals surface area contributed by atoms with E-state index in [9.17, 15) is 19.8 Å². The maximum Gasteiger partial charge on any atom is 2.00 e. The average Bonchev–Trinajstić information content (AvgIpc) is 2.45. The summed E-state index contributed by atoms with van der Waals surface area (Å²) in [6.45, 7) is 0. The van der Waals surface area contributed by atoms with Crippen molar-refractivity contribution in [1.29, 1.82) is 0 Å². The molecule has 0 aliphatic heterocycles. The van der Waals surface area contributed by atoms with Crippen molar-refractivity contribution in [2.45, 2.75) is 11.8 Å². The maximum atomic E-state index is 10.6. The van der Waals surface area contributed by atoms with Gasteiger partial charge in [-0.25, -0.2) is 0 Å². The number of alkyl halides is 2. The molecule has 0 aliphatic carbocycles. The molecule has 6 nitrogen and oxygen atoms in total. The molecule has 0 saturated heterocycles. The van der Waals surface area contributed by atoms with E-state index in [1.54, 1.807) is 0 Å². The third-order valence-electron chi connectivity index (χ3n) is 1.97. The predicted molar refractivity (Wildman–Crippen MR) is 68.0 cm³/mol. The Morgan fingerprint density at radius 3 is 1.43 bits per heavy atom. The minimum Gasteiger partial charge on any atom is -0.868 e. The number of halogens is 2. The van der Waals surface area contributed by atoms with Gasteiger partial charge in [0.2, 0.25) is 0 Å². The monoisotopic (exact) mass is 520 g/mol. The van der Waals surface area contributed by atoms with E-state index in [1.807, 2.05) is 0 Å². The molecule has 2 aromatic heterocycles. The fourth-order valence-corrected chi connectivity index (χ4v) is 1.30. The second-order valence-electron chi connectivity index (χ2n) is 3.42. The van der Waals surface area contributed by atoms with E-state index >= 15 is 0 Å². The van der Waals surface area contributed by atoms with Gasteiger partial charge in [-0.2, -0.15) is 0 Å². The molecule has 2 heterocycles. The van der Waals surface area contributed by atoms with Gasteiger partial charge in [0.1, 0.15) is 11.5 Å². The Kier molecular flexibility index (Phi) is 9.40. The molecular formula is C12H8Cl2HgO6. The summed E-state index contributed by atoms with van der Waals surface area (Å²) in [6.07, 6.45) is 1.72. The van der Waals surface area contributed by atoms with E-state index in [4.69, 9.17) is 23.2 Å². The molecule has 108 valence electrons. The second-order valence-corrected chi connectivity index (χ2v) is 3.95. The van der Waals surface area contributed by atoms with Crippen LogP contribution in [0.15, 0.2) is 43.1 Å². The van der Waals surface area contributed by atoms with E-state index in [1.165, 1.54) is 0 Å². The van der Waals surface area contributed by atoms with Gasteiger partial charge in [-0.1, -0.05) is 0 Å². The third-order valence-corrected chi connectivity index (χ3v) is 2.49. The first-order valence-electron chi connectivity index (χ1n) is 5.17. The van der Waals surface area contributed by atoms with Crippen LogP contribution in [0.2, 0.25) is 0 Å². The van der Waals surface area contributed by atoms with Gasteiger partial charge in [-0.3, -0.25) is 9.59 Å². The molecule has 2 rings (SSSR count). The largest absolute Gasteiger partial charge is 2.00 e. The average molecular weight is 520 g/mol. The summed E-state index contributed by atoms with van der Waals surface area (Å²) < 4.78 is 9.29. The van der Waals surface area contributed by atoms with Crippen molar-refractivity contribution in [2.75, 3.05) is 0 Å². The van der Waals surface area contributed by atoms with E-state index in [2.05, 4.69) is 8.83 Å². The molecule has 0 aliphatic rings. The van der Waals surface area contributed by atoms with Crippen LogP contribution in [0.3, 0.4) is 0 Å². The fraction of sp³-hybridized carbons (Fsp3) is 0.167. The maximum absolute atomic E-state index is 10.6. The first-order valence-corrected chi connectivity index (χ1v) is 6.24. The first kappa shape index (κ1) is 20.0. The summed E-state index contributed by atoms with van der Waals surface area (Å²) in [4.78, 5) is 21.1. The topological polar surface area (TPSA) is 107 Å². The van der Waals surface area contributed by atoms with Crippen LogP contribution in [0.5, 0.6) is 11.5 Å². The van der Waals surface area contributed by atoms with Crippen molar-refractivity contribution < 1.29 is 46.7 Å². The summed E-state index contributed by atoms with van der Waals surface area (Å²) in [7, 11) is 0. The summed E-state index contributed by atoms with van der Waals surface area (Å²) >= 11 is 10.6. The van der Waals surface area contributed by atoms with Crippen LogP contribution < -0.4 is 21.1 Å². The SMILES string of the molecule is O=c1cc(CCl)occ1[O-].O=c1cc(CCl)occ1[O-].[Hg+2]. The summed E-state index contributed by atoms with van der Waals surface area (Å²) in [5.41, 5.74) is -1.16. The summed E-state index contributed by atoms with van der Waals surface area (Å²) in [6, 6.07) is 2.19. The number of rotatable bonds is 2. The minimum atomic E-state index is -0.645. The molecule has 0 amide bonds. The van der Waals surface area contributed by atoms with Crippen molar-refractivity contribution in [2.24, 2.45) is 0 Å². The zero-order chi connectivity index (χ0) is 15.1. The van der Waals surface area contributed by atoms with Crippen molar-refractivity contribution in [3.05, 3.63) is 56.6 Å². The zero-order valence-electron chi connectivity index (χ0n) is 10.6. The van der Waals surface area contributed by atoms with Crippen molar-refractivity contribution >= 4 is 23.2 Å². The van der Waals surface area contributed by atoms with Crippen molar-refractivity contribution in [1.82, 2.24) is 0 Å². The molecule has 0 bridgehead atoms. The minimum absolute atomic E-state index is 0. The number of hydrogen-bond donors (Lipinski definition) is 0. The molecule has 0 radical (unpaired) electrons. The van der Waals surface area contributed by atoms with E-state index in [-0.39, 0.29) is 39.4 Å². The van der Waals surface area contributed by atoms with Gasteiger partial charge in [-0.15, -0.1) is 23.2 Å². The Hall–Kier alpha value is -0.985. The Morgan fingerprint density at radius 1 is 0.857 bits per heavy atom.